The predicted octanol–water partition coefficient (Wildman–Crippen LogP) is 1.75. The van der Waals surface area contributed by atoms with E-state index in [2.05, 4.69) is 10.4 Å². The predicted molar refractivity (Wildman–Crippen MR) is 98.7 cm³/mol. The SMILES string of the molecule is CN(C)S(=O)(=O)c1ccc(C(=O)NC[C@H](c2ccco2)n2cccn2)cc1. The molecule has 1 atom stereocenters. The zero-order valence-electron chi connectivity index (χ0n) is 14.9. The number of hydrogen-bond donors (Lipinski definition) is 1. The summed E-state index contributed by atoms with van der Waals surface area (Å²) in [6.07, 6.45) is 5.01. The average Bonchev–Trinajstić information content (AvgIpc) is 3.36. The van der Waals surface area contributed by atoms with Crippen LogP contribution in [0.3, 0.4) is 0 Å². The van der Waals surface area contributed by atoms with Crippen LogP contribution in [0.25, 0.3) is 0 Å². The van der Waals surface area contributed by atoms with Crippen molar-refractivity contribution in [1.82, 2.24) is 19.4 Å². The number of furan rings is 1. The van der Waals surface area contributed by atoms with Crippen LogP contribution in [0.5, 0.6) is 0 Å². The van der Waals surface area contributed by atoms with Crippen molar-refractivity contribution < 1.29 is 17.6 Å². The normalized spacial score (nSPS) is 12.9. The van der Waals surface area contributed by atoms with Gasteiger partial charge in [0.05, 0.1) is 11.2 Å². The molecule has 8 nitrogen and oxygen atoms in total. The summed E-state index contributed by atoms with van der Waals surface area (Å²) in [5, 5.41) is 7.05. The van der Waals surface area contributed by atoms with Crippen LogP contribution in [0.15, 0.2) is 70.4 Å². The largest absolute Gasteiger partial charge is 0.467 e. The Hall–Kier alpha value is -2.91. The quantitative estimate of drug-likeness (QED) is 0.665. The van der Waals surface area contributed by atoms with Crippen LogP contribution in [0, 0.1) is 0 Å². The third kappa shape index (κ3) is 4.09. The fourth-order valence-corrected chi connectivity index (χ4v) is 3.45. The maximum Gasteiger partial charge on any atom is 0.251 e. The highest BCUT2D eigenvalue weighted by Crippen LogP contribution is 2.18. The second kappa shape index (κ2) is 7.77. The van der Waals surface area contributed by atoms with E-state index in [-0.39, 0.29) is 23.4 Å². The van der Waals surface area contributed by atoms with Crippen LogP contribution in [0.2, 0.25) is 0 Å². The fourth-order valence-electron chi connectivity index (χ4n) is 2.55. The smallest absolute Gasteiger partial charge is 0.251 e. The summed E-state index contributed by atoms with van der Waals surface area (Å²) in [6, 6.07) is 10.9. The molecule has 0 unspecified atom stereocenters. The average molecular weight is 388 g/mol. The standard InChI is InChI=1S/C18H20N4O4S/c1-21(2)27(24,25)15-8-6-14(7-9-15)18(23)19-13-16(17-5-3-12-26-17)22-11-4-10-20-22/h3-12,16H,13H2,1-2H3,(H,19,23)/t16-/m1/s1. The van der Waals surface area contributed by atoms with Gasteiger partial charge in [0.25, 0.3) is 5.91 Å². The van der Waals surface area contributed by atoms with E-state index < -0.39 is 10.0 Å². The molecule has 0 spiro atoms. The molecule has 3 aromatic rings. The van der Waals surface area contributed by atoms with Crippen molar-refractivity contribution in [2.45, 2.75) is 10.9 Å². The van der Waals surface area contributed by atoms with E-state index in [1.54, 1.807) is 35.5 Å². The van der Waals surface area contributed by atoms with Gasteiger partial charge in [-0.2, -0.15) is 5.10 Å². The zero-order chi connectivity index (χ0) is 19.4. The molecule has 142 valence electrons. The van der Waals surface area contributed by atoms with Crippen LogP contribution in [-0.2, 0) is 10.0 Å². The van der Waals surface area contributed by atoms with E-state index in [1.807, 2.05) is 6.07 Å². The lowest BCUT2D eigenvalue weighted by molar-refractivity contribution is 0.0948. The Bertz CT molecular complexity index is 944. The summed E-state index contributed by atoms with van der Waals surface area (Å²) in [5.41, 5.74) is 0.367. The number of carbonyl (C=O) groups is 1. The number of carbonyl (C=O) groups excluding carboxylic acids is 1. The first-order chi connectivity index (χ1) is 12.9. The van der Waals surface area contributed by atoms with Crippen LogP contribution in [0.4, 0.5) is 0 Å². The van der Waals surface area contributed by atoms with Crippen LogP contribution in [0.1, 0.15) is 22.2 Å². The van der Waals surface area contributed by atoms with Gasteiger partial charge < -0.3 is 9.73 Å². The van der Waals surface area contributed by atoms with Crippen molar-refractivity contribution in [2.24, 2.45) is 0 Å². The summed E-state index contributed by atoms with van der Waals surface area (Å²) in [7, 11) is -0.610. The molecular weight excluding hydrogens is 368 g/mol. The minimum Gasteiger partial charge on any atom is -0.467 e. The van der Waals surface area contributed by atoms with Crippen LogP contribution < -0.4 is 5.32 Å². The molecule has 0 fully saturated rings. The summed E-state index contributed by atoms with van der Waals surface area (Å²) in [5.74, 6) is 0.360. The van der Waals surface area contributed by atoms with E-state index in [9.17, 15) is 13.2 Å². The van der Waals surface area contributed by atoms with Gasteiger partial charge in [-0.3, -0.25) is 9.48 Å². The molecule has 0 saturated carbocycles. The summed E-state index contributed by atoms with van der Waals surface area (Å²) in [4.78, 5) is 12.6. The van der Waals surface area contributed by atoms with Gasteiger partial charge in [0.2, 0.25) is 10.0 Å². The molecule has 1 N–H and O–H groups in total. The molecule has 3 rings (SSSR count). The zero-order valence-corrected chi connectivity index (χ0v) is 15.8. The van der Waals surface area contributed by atoms with Gasteiger partial charge >= 0.3 is 0 Å². The molecule has 0 radical (unpaired) electrons. The highest BCUT2D eigenvalue weighted by atomic mass is 32.2. The Labute approximate surface area is 157 Å². The van der Waals surface area contributed by atoms with Gasteiger partial charge in [-0.15, -0.1) is 0 Å². The molecule has 0 saturated heterocycles. The number of sulfonamides is 1. The molecule has 2 heterocycles. The Morgan fingerprint density at radius 2 is 1.96 bits per heavy atom. The van der Waals surface area contributed by atoms with Crippen molar-refractivity contribution in [3.63, 3.8) is 0 Å². The third-order valence-electron chi connectivity index (χ3n) is 4.07. The maximum atomic E-state index is 12.5. The number of amides is 1. The summed E-state index contributed by atoms with van der Waals surface area (Å²) >= 11 is 0. The van der Waals surface area contributed by atoms with Gasteiger partial charge in [0.1, 0.15) is 11.8 Å². The van der Waals surface area contributed by atoms with Gasteiger partial charge in [0.15, 0.2) is 0 Å². The number of hydrogen-bond acceptors (Lipinski definition) is 5. The second-order valence-electron chi connectivity index (χ2n) is 6.04. The minimum atomic E-state index is -3.53. The van der Waals surface area contributed by atoms with E-state index >= 15 is 0 Å². The third-order valence-corrected chi connectivity index (χ3v) is 5.90. The Morgan fingerprint density at radius 1 is 1.22 bits per heavy atom. The lowest BCUT2D eigenvalue weighted by atomic mass is 10.2. The van der Waals surface area contributed by atoms with E-state index in [1.165, 1.54) is 38.4 Å². The maximum absolute atomic E-state index is 12.5. The number of nitrogens with zero attached hydrogens (tertiary/aromatic N) is 3. The van der Waals surface area contributed by atoms with Crippen LogP contribution in [-0.4, -0.2) is 49.1 Å². The molecular formula is C18H20N4O4S. The Morgan fingerprint density at radius 3 is 2.52 bits per heavy atom. The number of benzene rings is 1. The van der Waals surface area contributed by atoms with Gasteiger partial charge in [0, 0.05) is 38.6 Å². The monoisotopic (exact) mass is 388 g/mol. The van der Waals surface area contributed by atoms with Gasteiger partial charge in [-0.1, -0.05) is 0 Å². The Balaban J connectivity index is 1.71. The molecule has 0 aliphatic heterocycles. The van der Waals surface area contributed by atoms with Crippen LogP contribution >= 0.6 is 0 Å². The van der Waals surface area contributed by atoms with Crippen molar-refractivity contribution in [3.8, 4) is 0 Å². The van der Waals surface area contributed by atoms with Crippen molar-refractivity contribution >= 4 is 15.9 Å². The van der Waals surface area contributed by atoms with E-state index in [4.69, 9.17) is 4.42 Å². The number of aromatic nitrogens is 2. The molecule has 0 bridgehead atoms. The molecule has 0 aliphatic rings. The minimum absolute atomic E-state index is 0.133. The first-order valence-electron chi connectivity index (χ1n) is 8.23. The summed E-state index contributed by atoms with van der Waals surface area (Å²) in [6.45, 7) is 0.270. The molecule has 0 aliphatic carbocycles. The fraction of sp³-hybridized carbons (Fsp3) is 0.222. The van der Waals surface area contributed by atoms with Gasteiger partial charge in [-0.05, 0) is 42.5 Å². The second-order valence-corrected chi connectivity index (χ2v) is 8.19. The van der Waals surface area contributed by atoms with E-state index in [0.29, 0.717) is 11.3 Å². The highest BCUT2D eigenvalue weighted by molar-refractivity contribution is 7.89. The lowest BCUT2D eigenvalue weighted by Crippen LogP contribution is -2.31. The van der Waals surface area contributed by atoms with Crippen molar-refractivity contribution in [3.05, 3.63) is 72.4 Å². The molecule has 1 aromatic carbocycles. The number of rotatable bonds is 7. The number of nitrogens with one attached hydrogen (secondary N) is 1. The van der Waals surface area contributed by atoms with Crippen molar-refractivity contribution in [2.75, 3.05) is 20.6 Å². The molecule has 27 heavy (non-hydrogen) atoms. The van der Waals surface area contributed by atoms with Gasteiger partial charge in [-0.25, -0.2) is 12.7 Å². The first-order valence-corrected chi connectivity index (χ1v) is 9.67. The van der Waals surface area contributed by atoms with Crippen molar-refractivity contribution in [1.29, 1.82) is 0 Å². The molecule has 2 aromatic heterocycles. The summed E-state index contributed by atoms with van der Waals surface area (Å²) < 4.78 is 32.5. The Kier molecular flexibility index (Phi) is 5.43. The lowest BCUT2D eigenvalue weighted by Gasteiger charge is -2.16. The highest BCUT2D eigenvalue weighted by Gasteiger charge is 2.20. The van der Waals surface area contributed by atoms with E-state index in [0.717, 1.165) is 4.31 Å². The topological polar surface area (TPSA) is 97.4 Å². The first kappa shape index (κ1) is 18.9. The molecule has 1 amide bonds. The molecule has 9 heteroatoms.